The standard InChI is InChI=1S/C10H8BrFO2/c11-7-1-2-8-6(5-7)3-4-10(8,12)9(13)14/h1-2,5H,3-4H2,(H,13,14). The molecule has 1 N–H and O–H groups in total. The van der Waals surface area contributed by atoms with E-state index in [1.165, 1.54) is 0 Å². The second-order valence-corrected chi connectivity index (χ2v) is 4.32. The Morgan fingerprint density at radius 3 is 2.93 bits per heavy atom. The molecular formula is C10H8BrFO2. The van der Waals surface area contributed by atoms with Gasteiger partial charge >= 0.3 is 5.97 Å². The van der Waals surface area contributed by atoms with Crippen LogP contribution in [-0.4, -0.2) is 11.1 Å². The van der Waals surface area contributed by atoms with Crippen molar-refractivity contribution in [1.29, 1.82) is 0 Å². The SMILES string of the molecule is O=C(O)C1(F)CCc2cc(Br)ccc21. The van der Waals surface area contributed by atoms with Crippen LogP contribution in [0.4, 0.5) is 4.39 Å². The van der Waals surface area contributed by atoms with Gasteiger partial charge in [-0.2, -0.15) is 0 Å². The van der Waals surface area contributed by atoms with Gasteiger partial charge in [-0.25, -0.2) is 9.18 Å². The van der Waals surface area contributed by atoms with Gasteiger partial charge in [-0.05, 0) is 24.1 Å². The number of benzene rings is 1. The third-order valence-corrected chi connectivity index (χ3v) is 3.07. The molecule has 1 aromatic rings. The molecule has 0 radical (unpaired) electrons. The average molecular weight is 259 g/mol. The van der Waals surface area contributed by atoms with Crippen molar-refractivity contribution in [3.8, 4) is 0 Å². The smallest absolute Gasteiger partial charge is 0.346 e. The average Bonchev–Trinajstić information content (AvgIpc) is 2.45. The molecule has 74 valence electrons. The van der Waals surface area contributed by atoms with Gasteiger partial charge < -0.3 is 5.11 Å². The van der Waals surface area contributed by atoms with Crippen molar-refractivity contribution >= 4 is 21.9 Å². The van der Waals surface area contributed by atoms with Gasteiger partial charge in [-0.3, -0.25) is 0 Å². The monoisotopic (exact) mass is 258 g/mol. The van der Waals surface area contributed by atoms with Crippen molar-refractivity contribution in [2.75, 3.05) is 0 Å². The molecule has 0 spiro atoms. The fraction of sp³-hybridized carbons (Fsp3) is 0.300. The minimum Gasteiger partial charge on any atom is -0.479 e. The summed E-state index contributed by atoms with van der Waals surface area (Å²) in [5, 5.41) is 8.80. The van der Waals surface area contributed by atoms with Gasteiger partial charge in [0.2, 0.25) is 5.67 Å². The zero-order valence-corrected chi connectivity index (χ0v) is 8.84. The quantitative estimate of drug-likeness (QED) is 0.841. The maximum absolute atomic E-state index is 13.9. The van der Waals surface area contributed by atoms with E-state index in [4.69, 9.17) is 5.11 Å². The molecule has 0 amide bonds. The fourth-order valence-electron chi connectivity index (χ4n) is 1.82. The minimum absolute atomic E-state index is 0.0358. The highest BCUT2D eigenvalue weighted by molar-refractivity contribution is 9.10. The Morgan fingerprint density at radius 1 is 1.57 bits per heavy atom. The lowest BCUT2D eigenvalue weighted by Gasteiger charge is -2.14. The zero-order chi connectivity index (χ0) is 10.3. The van der Waals surface area contributed by atoms with E-state index in [1.54, 1.807) is 18.2 Å². The largest absolute Gasteiger partial charge is 0.479 e. The molecule has 1 aliphatic rings. The van der Waals surface area contributed by atoms with Crippen molar-refractivity contribution in [2.24, 2.45) is 0 Å². The second kappa shape index (κ2) is 3.05. The maximum Gasteiger partial charge on any atom is 0.346 e. The summed E-state index contributed by atoms with van der Waals surface area (Å²) in [6, 6.07) is 4.99. The van der Waals surface area contributed by atoms with Crippen LogP contribution in [0.5, 0.6) is 0 Å². The lowest BCUT2D eigenvalue weighted by atomic mass is 9.98. The molecule has 0 saturated heterocycles. The zero-order valence-electron chi connectivity index (χ0n) is 7.26. The molecular weight excluding hydrogens is 251 g/mol. The number of carboxylic acid groups (broad SMARTS) is 1. The first-order chi connectivity index (χ1) is 6.54. The van der Waals surface area contributed by atoms with Crippen LogP contribution in [0.15, 0.2) is 22.7 Å². The molecule has 1 atom stereocenters. The van der Waals surface area contributed by atoms with Gasteiger partial charge in [0, 0.05) is 16.5 Å². The van der Waals surface area contributed by atoms with E-state index in [-0.39, 0.29) is 6.42 Å². The first-order valence-corrected chi connectivity index (χ1v) is 5.04. The Labute approximate surface area is 88.9 Å². The summed E-state index contributed by atoms with van der Waals surface area (Å²) in [6.45, 7) is 0. The number of carboxylic acids is 1. The van der Waals surface area contributed by atoms with Crippen LogP contribution in [0.25, 0.3) is 0 Å². The van der Waals surface area contributed by atoms with Crippen molar-refractivity contribution < 1.29 is 14.3 Å². The molecule has 0 bridgehead atoms. The number of aryl methyl sites for hydroxylation is 1. The van der Waals surface area contributed by atoms with Gasteiger partial charge in [-0.15, -0.1) is 0 Å². The summed E-state index contributed by atoms with van der Waals surface area (Å²) in [5.41, 5.74) is -1.10. The number of rotatable bonds is 1. The molecule has 4 heteroatoms. The van der Waals surface area contributed by atoms with Crippen molar-refractivity contribution in [1.82, 2.24) is 0 Å². The van der Waals surface area contributed by atoms with Gasteiger partial charge in [-0.1, -0.05) is 22.0 Å². The molecule has 0 fully saturated rings. The number of fused-ring (bicyclic) bond motifs is 1. The summed E-state index contributed by atoms with van der Waals surface area (Å²) in [5.74, 6) is -1.39. The maximum atomic E-state index is 13.9. The summed E-state index contributed by atoms with van der Waals surface area (Å²) in [7, 11) is 0. The fourth-order valence-corrected chi connectivity index (χ4v) is 2.23. The lowest BCUT2D eigenvalue weighted by Crippen LogP contribution is -2.27. The number of halogens is 2. The number of alkyl halides is 1. The van der Waals surface area contributed by atoms with Crippen LogP contribution < -0.4 is 0 Å². The predicted molar refractivity (Wildman–Crippen MR) is 52.9 cm³/mol. The third-order valence-electron chi connectivity index (χ3n) is 2.57. The number of aliphatic carboxylic acids is 1. The Kier molecular flexibility index (Phi) is 2.10. The lowest BCUT2D eigenvalue weighted by molar-refractivity contribution is -0.151. The Morgan fingerprint density at radius 2 is 2.29 bits per heavy atom. The van der Waals surface area contributed by atoms with E-state index < -0.39 is 11.6 Å². The van der Waals surface area contributed by atoms with Crippen molar-refractivity contribution in [3.63, 3.8) is 0 Å². The highest BCUT2D eigenvalue weighted by atomic mass is 79.9. The van der Waals surface area contributed by atoms with Crippen LogP contribution in [-0.2, 0) is 16.9 Å². The van der Waals surface area contributed by atoms with Gasteiger partial charge in [0.25, 0.3) is 0 Å². The predicted octanol–water partition coefficient (Wildman–Crippen LogP) is 2.64. The normalized spacial score (nSPS) is 24.7. The molecule has 0 aromatic heterocycles. The first-order valence-electron chi connectivity index (χ1n) is 4.25. The molecule has 0 heterocycles. The van der Waals surface area contributed by atoms with Crippen molar-refractivity contribution in [3.05, 3.63) is 33.8 Å². The van der Waals surface area contributed by atoms with E-state index in [0.29, 0.717) is 12.0 Å². The number of carbonyl (C=O) groups is 1. The molecule has 0 saturated carbocycles. The van der Waals surface area contributed by atoms with E-state index in [1.807, 2.05) is 0 Å². The topological polar surface area (TPSA) is 37.3 Å². The molecule has 2 rings (SSSR count). The highest BCUT2D eigenvalue weighted by Crippen LogP contribution is 2.41. The Balaban J connectivity index is 2.55. The van der Waals surface area contributed by atoms with Crippen LogP contribution in [0, 0.1) is 0 Å². The third kappa shape index (κ3) is 1.25. The van der Waals surface area contributed by atoms with E-state index in [0.717, 1.165) is 10.0 Å². The van der Waals surface area contributed by atoms with Crippen LogP contribution in [0.2, 0.25) is 0 Å². The highest BCUT2D eigenvalue weighted by Gasteiger charge is 2.46. The Bertz CT molecular complexity index is 405. The van der Waals surface area contributed by atoms with E-state index >= 15 is 0 Å². The molecule has 2 nitrogen and oxygen atoms in total. The molecule has 1 aromatic carbocycles. The second-order valence-electron chi connectivity index (χ2n) is 3.41. The molecule has 14 heavy (non-hydrogen) atoms. The van der Waals surface area contributed by atoms with Crippen LogP contribution in [0.1, 0.15) is 17.5 Å². The summed E-state index contributed by atoms with van der Waals surface area (Å²) >= 11 is 3.27. The summed E-state index contributed by atoms with van der Waals surface area (Å²) < 4.78 is 14.8. The summed E-state index contributed by atoms with van der Waals surface area (Å²) in [6.07, 6.45) is 0.520. The summed E-state index contributed by atoms with van der Waals surface area (Å²) in [4.78, 5) is 10.8. The van der Waals surface area contributed by atoms with Crippen LogP contribution in [0.3, 0.4) is 0 Å². The first kappa shape index (κ1) is 9.65. The van der Waals surface area contributed by atoms with Crippen molar-refractivity contribution in [2.45, 2.75) is 18.5 Å². The Hall–Kier alpha value is -0.900. The molecule has 1 unspecified atom stereocenters. The van der Waals surface area contributed by atoms with E-state index in [9.17, 15) is 9.18 Å². The van der Waals surface area contributed by atoms with E-state index in [2.05, 4.69) is 15.9 Å². The molecule has 1 aliphatic carbocycles. The molecule has 0 aliphatic heterocycles. The van der Waals surface area contributed by atoms with Gasteiger partial charge in [0.15, 0.2) is 0 Å². The van der Waals surface area contributed by atoms with Gasteiger partial charge in [0.05, 0.1) is 0 Å². The minimum atomic E-state index is -2.18. The van der Waals surface area contributed by atoms with Gasteiger partial charge in [0.1, 0.15) is 0 Å². The van der Waals surface area contributed by atoms with Crippen LogP contribution >= 0.6 is 15.9 Å². The number of hydrogen-bond acceptors (Lipinski definition) is 1. The number of hydrogen-bond donors (Lipinski definition) is 1.